The lowest BCUT2D eigenvalue weighted by Gasteiger charge is -2.18. The Kier molecular flexibility index (Phi) is 10.2. The maximum absolute atomic E-state index is 12.5. The third kappa shape index (κ3) is 8.25. The highest BCUT2D eigenvalue weighted by Gasteiger charge is 2.28. The molecule has 1 aromatic heterocycles. The first-order valence-corrected chi connectivity index (χ1v) is 9.04. The van der Waals surface area contributed by atoms with Gasteiger partial charge in [0.1, 0.15) is 11.6 Å². The van der Waals surface area contributed by atoms with Crippen LogP contribution in [0.2, 0.25) is 0 Å². The molecule has 30 heavy (non-hydrogen) atoms. The molecule has 166 valence electrons. The minimum absolute atomic E-state index is 0. The number of benzene rings is 1. The fraction of sp³-hybridized carbons (Fsp3) is 0.400. The molecule has 2 aromatic rings. The summed E-state index contributed by atoms with van der Waals surface area (Å²) in [7, 11) is 5.46. The molecule has 0 spiro atoms. The molecule has 0 aliphatic rings. The van der Waals surface area contributed by atoms with Crippen molar-refractivity contribution >= 4 is 35.8 Å². The second kappa shape index (κ2) is 11.8. The van der Waals surface area contributed by atoms with Crippen molar-refractivity contribution in [3.8, 4) is 5.75 Å². The molecule has 0 radical (unpaired) electrons. The Morgan fingerprint density at radius 1 is 1.13 bits per heavy atom. The van der Waals surface area contributed by atoms with Gasteiger partial charge in [-0.3, -0.25) is 4.99 Å². The highest BCUT2D eigenvalue weighted by atomic mass is 127. The van der Waals surface area contributed by atoms with Crippen LogP contribution in [0.5, 0.6) is 5.75 Å². The maximum Gasteiger partial charge on any atom is 0.422 e. The van der Waals surface area contributed by atoms with E-state index in [1.807, 2.05) is 37.2 Å². The van der Waals surface area contributed by atoms with E-state index in [1.165, 1.54) is 0 Å². The van der Waals surface area contributed by atoms with Gasteiger partial charge in [-0.15, -0.1) is 24.0 Å². The third-order valence-electron chi connectivity index (χ3n) is 4.02. The van der Waals surface area contributed by atoms with Crippen molar-refractivity contribution in [1.29, 1.82) is 0 Å². The summed E-state index contributed by atoms with van der Waals surface area (Å²) < 4.78 is 42.5. The summed E-state index contributed by atoms with van der Waals surface area (Å²) in [5, 5.41) is 6.30. The van der Waals surface area contributed by atoms with E-state index >= 15 is 0 Å². The number of nitrogens with zero attached hydrogens (tertiary/aromatic N) is 3. The van der Waals surface area contributed by atoms with E-state index < -0.39 is 12.8 Å². The average Bonchev–Trinajstić information content (AvgIpc) is 2.67. The zero-order valence-corrected chi connectivity index (χ0v) is 19.7. The van der Waals surface area contributed by atoms with Crippen molar-refractivity contribution in [2.45, 2.75) is 26.2 Å². The smallest absolute Gasteiger partial charge is 0.422 e. The van der Waals surface area contributed by atoms with Crippen molar-refractivity contribution in [3.05, 3.63) is 53.2 Å². The number of anilines is 1. The summed E-state index contributed by atoms with van der Waals surface area (Å²) in [6, 6.07) is 8.99. The molecule has 0 atom stereocenters. The molecular formula is C20H27F3IN5O. The zero-order valence-electron chi connectivity index (χ0n) is 17.4. The standard InChI is InChI=1S/C20H26F3N5O.HI/c1-14-7-8-15(17(10-14)29-13-20(21,22)23)11-26-19(24-2)27-12-16-6-5-9-25-18(16)28(3)4;/h5-10H,11-13H2,1-4H3,(H2,24,26,27);1H. The van der Waals surface area contributed by atoms with Gasteiger partial charge in [0.2, 0.25) is 0 Å². The van der Waals surface area contributed by atoms with Gasteiger partial charge in [-0.25, -0.2) is 4.98 Å². The number of rotatable bonds is 7. The lowest BCUT2D eigenvalue weighted by atomic mass is 10.1. The quantitative estimate of drug-likeness (QED) is 0.319. The first-order valence-electron chi connectivity index (χ1n) is 9.04. The molecule has 0 saturated carbocycles. The van der Waals surface area contributed by atoms with Crippen molar-refractivity contribution in [2.24, 2.45) is 4.99 Å². The minimum Gasteiger partial charge on any atom is -0.484 e. The largest absolute Gasteiger partial charge is 0.484 e. The van der Waals surface area contributed by atoms with Crippen molar-refractivity contribution < 1.29 is 17.9 Å². The van der Waals surface area contributed by atoms with Gasteiger partial charge in [0.25, 0.3) is 0 Å². The summed E-state index contributed by atoms with van der Waals surface area (Å²) in [6.07, 6.45) is -2.66. The summed E-state index contributed by atoms with van der Waals surface area (Å²) in [5.74, 6) is 1.56. The first-order chi connectivity index (χ1) is 13.7. The monoisotopic (exact) mass is 537 g/mol. The van der Waals surface area contributed by atoms with Crippen LogP contribution >= 0.6 is 24.0 Å². The van der Waals surface area contributed by atoms with Crippen molar-refractivity contribution in [3.63, 3.8) is 0 Å². The van der Waals surface area contributed by atoms with Gasteiger partial charge in [0, 0.05) is 51.6 Å². The third-order valence-corrected chi connectivity index (χ3v) is 4.02. The number of hydrogen-bond acceptors (Lipinski definition) is 4. The molecule has 0 amide bonds. The Hall–Kier alpha value is -2.24. The van der Waals surface area contributed by atoms with Gasteiger partial charge in [-0.2, -0.15) is 13.2 Å². The molecule has 0 bridgehead atoms. The van der Waals surface area contributed by atoms with E-state index in [9.17, 15) is 13.2 Å². The number of alkyl halides is 3. The highest BCUT2D eigenvalue weighted by Crippen LogP contribution is 2.23. The first kappa shape index (κ1) is 25.8. The number of hydrogen-bond donors (Lipinski definition) is 2. The van der Waals surface area contributed by atoms with E-state index in [2.05, 4.69) is 20.6 Å². The number of ether oxygens (including phenoxy) is 1. The Morgan fingerprint density at radius 2 is 1.80 bits per heavy atom. The van der Waals surface area contributed by atoms with Crippen LogP contribution < -0.4 is 20.3 Å². The summed E-state index contributed by atoms with van der Waals surface area (Å²) in [4.78, 5) is 10.4. The van der Waals surface area contributed by atoms with Crippen LogP contribution in [0.3, 0.4) is 0 Å². The fourth-order valence-electron chi connectivity index (χ4n) is 2.65. The minimum atomic E-state index is -4.39. The Morgan fingerprint density at radius 3 is 2.40 bits per heavy atom. The number of guanidine groups is 1. The predicted octanol–water partition coefficient (Wildman–Crippen LogP) is 3.88. The molecule has 10 heteroatoms. The Bertz CT molecular complexity index is 843. The number of halogens is 4. The van der Waals surface area contributed by atoms with Gasteiger partial charge in [0.15, 0.2) is 12.6 Å². The maximum atomic E-state index is 12.5. The van der Waals surface area contributed by atoms with E-state index in [-0.39, 0.29) is 36.3 Å². The average molecular weight is 537 g/mol. The van der Waals surface area contributed by atoms with Gasteiger partial charge in [0.05, 0.1) is 0 Å². The molecule has 1 aromatic carbocycles. The SMILES string of the molecule is CN=C(NCc1ccc(C)cc1OCC(F)(F)F)NCc1cccnc1N(C)C.I. The van der Waals surface area contributed by atoms with Gasteiger partial charge >= 0.3 is 6.18 Å². The van der Waals surface area contributed by atoms with Crippen LogP contribution in [0.15, 0.2) is 41.5 Å². The molecule has 0 aliphatic carbocycles. The number of aromatic nitrogens is 1. The van der Waals surface area contributed by atoms with E-state index in [4.69, 9.17) is 4.74 Å². The number of pyridine rings is 1. The Balaban J connectivity index is 0.00000450. The second-order valence-electron chi connectivity index (χ2n) is 6.67. The highest BCUT2D eigenvalue weighted by molar-refractivity contribution is 14.0. The van der Waals surface area contributed by atoms with E-state index in [1.54, 1.807) is 32.3 Å². The molecule has 0 saturated heterocycles. The number of aliphatic imine (C=N–C) groups is 1. The van der Waals surface area contributed by atoms with Gasteiger partial charge < -0.3 is 20.3 Å². The second-order valence-corrected chi connectivity index (χ2v) is 6.67. The topological polar surface area (TPSA) is 61.8 Å². The summed E-state index contributed by atoms with van der Waals surface area (Å²) in [5.41, 5.74) is 2.42. The fourth-order valence-corrected chi connectivity index (χ4v) is 2.65. The molecule has 1 heterocycles. The molecule has 0 aliphatic heterocycles. The van der Waals surface area contributed by atoms with Crippen LogP contribution in [0.25, 0.3) is 0 Å². The van der Waals surface area contributed by atoms with Crippen molar-refractivity contribution in [2.75, 3.05) is 32.6 Å². The lowest BCUT2D eigenvalue weighted by molar-refractivity contribution is -0.153. The summed E-state index contributed by atoms with van der Waals surface area (Å²) in [6.45, 7) is 1.23. The van der Waals surface area contributed by atoms with Gasteiger partial charge in [-0.05, 0) is 24.6 Å². The lowest BCUT2D eigenvalue weighted by Crippen LogP contribution is -2.36. The summed E-state index contributed by atoms with van der Waals surface area (Å²) >= 11 is 0. The van der Waals surface area contributed by atoms with Crippen LogP contribution in [0, 0.1) is 6.92 Å². The molecular weight excluding hydrogens is 510 g/mol. The van der Waals surface area contributed by atoms with Gasteiger partial charge in [-0.1, -0.05) is 18.2 Å². The molecule has 0 fully saturated rings. The number of aryl methyl sites for hydroxylation is 1. The number of nitrogens with one attached hydrogen (secondary N) is 2. The van der Waals surface area contributed by atoms with Crippen LogP contribution in [0.1, 0.15) is 16.7 Å². The molecule has 0 unspecified atom stereocenters. The zero-order chi connectivity index (χ0) is 21.4. The van der Waals surface area contributed by atoms with E-state index in [0.29, 0.717) is 18.1 Å². The van der Waals surface area contributed by atoms with Crippen LogP contribution in [-0.4, -0.2) is 44.9 Å². The molecule has 2 N–H and O–H groups in total. The van der Waals surface area contributed by atoms with Crippen LogP contribution in [0.4, 0.5) is 19.0 Å². The normalized spacial score (nSPS) is 11.5. The molecule has 6 nitrogen and oxygen atoms in total. The van der Waals surface area contributed by atoms with Crippen LogP contribution in [-0.2, 0) is 13.1 Å². The van der Waals surface area contributed by atoms with E-state index in [0.717, 1.165) is 16.9 Å². The van der Waals surface area contributed by atoms with Crippen molar-refractivity contribution in [1.82, 2.24) is 15.6 Å². The molecule has 2 rings (SSSR count). The predicted molar refractivity (Wildman–Crippen MR) is 124 cm³/mol. The Labute approximate surface area is 192 Å².